The van der Waals surface area contributed by atoms with Crippen LogP contribution in [0.5, 0.6) is 0 Å². The van der Waals surface area contributed by atoms with Crippen LogP contribution < -0.4 is 0 Å². The Balaban J connectivity index is 2.70. The fourth-order valence-electron chi connectivity index (χ4n) is 2.16. The molecule has 0 bridgehead atoms. The van der Waals surface area contributed by atoms with E-state index in [1.165, 1.54) is 7.11 Å². The summed E-state index contributed by atoms with van der Waals surface area (Å²) in [6.07, 6.45) is 1.32. The fourth-order valence-corrected chi connectivity index (χ4v) is 3.11. The van der Waals surface area contributed by atoms with Gasteiger partial charge in [-0.1, -0.05) is 6.92 Å². The molecule has 2 aromatic rings. The first kappa shape index (κ1) is 13.5. The summed E-state index contributed by atoms with van der Waals surface area (Å²) in [6.45, 7) is 3.96. The first-order valence-electron chi connectivity index (χ1n) is 5.96. The van der Waals surface area contributed by atoms with Gasteiger partial charge in [0.15, 0.2) is 6.29 Å². The third-order valence-corrected chi connectivity index (χ3v) is 4.12. The van der Waals surface area contributed by atoms with Gasteiger partial charge in [0.05, 0.1) is 28.9 Å². The average Bonchev–Trinajstić information content (AvgIpc) is 3.00. The predicted octanol–water partition coefficient (Wildman–Crippen LogP) is 3.21. The van der Waals surface area contributed by atoms with Crippen molar-refractivity contribution in [2.24, 2.45) is 0 Å². The summed E-state index contributed by atoms with van der Waals surface area (Å²) in [4.78, 5) is 27.1. The SMILES string of the molecule is CCc1c(-c2sccc2C)[nH]c(C=O)c1C(=O)OC. The zero-order valence-corrected chi connectivity index (χ0v) is 11.9. The minimum Gasteiger partial charge on any atom is -0.465 e. The molecular formula is C14H15NO3S. The van der Waals surface area contributed by atoms with Crippen LogP contribution in [0.25, 0.3) is 10.6 Å². The lowest BCUT2D eigenvalue weighted by molar-refractivity contribution is 0.0597. The number of esters is 1. The molecule has 0 saturated heterocycles. The second-order valence-corrected chi connectivity index (χ2v) is 5.08. The fraction of sp³-hybridized carbons (Fsp3) is 0.286. The summed E-state index contributed by atoms with van der Waals surface area (Å²) in [5.74, 6) is -0.476. The van der Waals surface area contributed by atoms with Gasteiger partial charge >= 0.3 is 5.97 Å². The average molecular weight is 277 g/mol. The number of nitrogens with one attached hydrogen (secondary N) is 1. The normalized spacial score (nSPS) is 10.5. The van der Waals surface area contributed by atoms with Crippen LogP contribution in [0.2, 0.25) is 0 Å². The number of thiophene rings is 1. The maximum absolute atomic E-state index is 11.8. The summed E-state index contributed by atoms with van der Waals surface area (Å²) in [7, 11) is 1.32. The second kappa shape index (κ2) is 5.40. The van der Waals surface area contributed by atoms with Gasteiger partial charge in [-0.3, -0.25) is 4.79 Å². The standard InChI is InChI=1S/C14H15NO3S/c1-4-9-11(14(17)18-3)10(7-16)15-12(9)13-8(2)5-6-19-13/h5-7,15H,4H2,1-3H3. The molecule has 0 unspecified atom stereocenters. The highest BCUT2D eigenvalue weighted by atomic mass is 32.1. The van der Waals surface area contributed by atoms with E-state index >= 15 is 0 Å². The maximum atomic E-state index is 11.8. The quantitative estimate of drug-likeness (QED) is 0.689. The molecule has 0 aliphatic rings. The summed E-state index contributed by atoms with van der Waals surface area (Å²) < 4.78 is 4.77. The van der Waals surface area contributed by atoms with Gasteiger partial charge in [0.25, 0.3) is 0 Å². The lowest BCUT2D eigenvalue weighted by Gasteiger charge is -2.03. The number of hydrogen-bond donors (Lipinski definition) is 1. The molecule has 0 aliphatic carbocycles. The molecule has 0 fully saturated rings. The van der Waals surface area contributed by atoms with Crippen molar-refractivity contribution in [3.63, 3.8) is 0 Å². The van der Waals surface area contributed by atoms with E-state index in [0.717, 1.165) is 21.7 Å². The van der Waals surface area contributed by atoms with Gasteiger partial charge in [0.1, 0.15) is 0 Å². The molecule has 0 saturated carbocycles. The number of carbonyl (C=O) groups is 2. The Kier molecular flexibility index (Phi) is 3.85. The van der Waals surface area contributed by atoms with E-state index < -0.39 is 5.97 Å². The molecule has 0 amide bonds. The molecule has 19 heavy (non-hydrogen) atoms. The molecule has 1 N–H and O–H groups in total. The maximum Gasteiger partial charge on any atom is 0.340 e. The molecule has 0 atom stereocenters. The number of aromatic nitrogens is 1. The highest BCUT2D eigenvalue weighted by Gasteiger charge is 2.24. The van der Waals surface area contributed by atoms with Crippen molar-refractivity contribution in [2.75, 3.05) is 7.11 Å². The number of hydrogen-bond acceptors (Lipinski definition) is 4. The monoisotopic (exact) mass is 277 g/mol. The van der Waals surface area contributed by atoms with Crippen molar-refractivity contribution in [1.82, 2.24) is 4.98 Å². The third-order valence-electron chi connectivity index (χ3n) is 3.08. The molecular weight excluding hydrogens is 262 g/mol. The van der Waals surface area contributed by atoms with Crippen molar-refractivity contribution in [3.8, 4) is 10.6 Å². The van der Waals surface area contributed by atoms with Gasteiger partial charge in [-0.15, -0.1) is 11.3 Å². The van der Waals surface area contributed by atoms with E-state index in [0.29, 0.717) is 18.3 Å². The number of aromatic amines is 1. The second-order valence-electron chi connectivity index (χ2n) is 4.16. The smallest absolute Gasteiger partial charge is 0.340 e. The van der Waals surface area contributed by atoms with Gasteiger partial charge in [0.2, 0.25) is 0 Å². The molecule has 0 aliphatic heterocycles. The van der Waals surface area contributed by atoms with Crippen molar-refractivity contribution in [3.05, 3.63) is 33.8 Å². The van der Waals surface area contributed by atoms with Crippen molar-refractivity contribution >= 4 is 23.6 Å². The minimum atomic E-state index is -0.476. The highest BCUT2D eigenvalue weighted by molar-refractivity contribution is 7.13. The lowest BCUT2D eigenvalue weighted by atomic mass is 10.0. The summed E-state index contributed by atoms with van der Waals surface area (Å²) in [6, 6.07) is 2.01. The first-order valence-corrected chi connectivity index (χ1v) is 6.84. The minimum absolute atomic E-state index is 0.284. The molecule has 4 nitrogen and oxygen atoms in total. The lowest BCUT2D eigenvalue weighted by Crippen LogP contribution is -2.06. The zero-order chi connectivity index (χ0) is 14.0. The molecule has 2 rings (SSSR count). The number of methoxy groups -OCH3 is 1. The van der Waals surface area contributed by atoms with Crippen molar-refractivity contribution in [1.29, 1.82) is 0 Å². The largest absolute Gasteiger partial charge is 0.465 e. The van der Waals surface area contributed by atoms with E-state index in [1.54, 1.807) is 11.3 Å². The zero-order valence-electron chi connectivity index (χ0n) is 11.1. The molecule has 0 radical (unpaired) electrons. The molecule has 2 heterocycles. The van der Waals surface area contributed by atoms with Gasteiger partial charge in [-0.05, 0) is 35.9 Å². The van der Waals surface area contributed by atoms with Crippen LogP contribution in [0.4, 0.5) is 0 Å². The molecule has 0 aromatic carbocycles. The summed E-state index contributed by atoms with van der Waals surface area (Å²) in [5.41, 5.74) is 3.43. The van der Waals surface area contributed by atoms with Gasteiger partial charge in [-0.25, -0.2) is 4.79 Å². The Labute approximate surface area is 115 Å². The Morgan fingerprint density at radius 1 is 1.53 bits per heavy atom. The Hall–Kier alpha value is -1.88. The van der Waals surface area contributed by atoms with E-state index in [1.807, 2.05) is 25.3 Å². The molecule has 2 aromatic heterocycles. The molecule has 100 valence electrons. The van der Waals surface area contributed by atoms with Crippen molar-refractivity contribution in [2.45, 2.75) is 20.3 Å². The first-order chi connectivity index (χ1) is 9.13. The number of ether oxygens (including phenoxy) is 1. The van der Waals surface area contributed by atoms with Crippen LogP contribution in [0.3, 0.4) is 0 Å². The van der Waals surface area contributed by atoms with Crippen LogP contribution in [0.15, 0.2) is 11.4 Å². The Morgan fingerprint density at radius 2 is 2.26 bits per heavy atom. The van der Waals surface area contributed by atoms with Crippen LogP contribution >= 0.6 is 11.3 Å². The number of aryl methyl sites for hydroxylation is 1. The van der Waals surface area contributed by atoms with E-state index in [4.69, 9.17) is 4.74 Å². The summed E-state index contributed by atoms with van der Waals surface area (Å²) >= 11 is 1.58. The number of carbonyl (C=O) groups excluding carboxylic acids is 2. The van der Waals surface area contributed by atoms with Crippen LogP contribution in [0.1, 0.15) is 38.9 Å². The Bertz CT molecular complexity index is 625. The van der Waals surface area contributed by atoms with Gasteiger partial charge in [0, 0.05) is 0 Å². The van der Waals surface area contributed by atoms with E-state index in [-0.39, 0.29) is 5.69 Å². The highest BCUT2D eigenvalue weighted by Crippen LogP contribution is 2.34. The predicted molar refractivity (Wildman–Crippen MR) is 74.9 cm³/mol. The number of aldehydes is 1. The van der Waals surface area contributed by atoms with Gasteiger partial charge in [-0.2, -0.15) is 0 Å². The van der Waals surface area contributed by atoms with E-state index in [2.05, 4.69) is 4.98 Å². The third kappa shape index (κ3) is 2.21. The van der Waals surface area contributed by atoms with Crippen LogP contribution in [-0.2, 0) is 11.2 Å². The van der Waals surface area contributed by atoms with Crippen LogP contribution in [0, 0.1) is 6.92 Å². The summed E-state index contributed by atoms with van der Waals surface area (Å²) in [5, 5.41) is 1.99. The van der Waals surface area contributed by atoms with Gasteiger partial charge < -0.3 is 9.72 Å². The van der Waals surface area contributed by atoms with E-state index in [9.17, 15) is 9.59 Å². The topological polar surface area (TPSA) is 59.2 Å². The van der Waals surface area contributed by atoms with Crippen molar-refractivity contribution < 1.29 is 14.3 Å². The number of rotatable bonds is 4. The van der Waals surface area contributed by atoms with Crippen LogP contribution in [-0.4, -0.2) is 24.3 Å². The Morgan fingerprint density at radius 3 is 2.74 bits per heavy atom. The molecule has 0 spiro atoms. The molecule has 5 heteroatoms. The number of H-pyrrole nitrogens is 1.